The highest BCUT2D eigenvalue weighted by atomic mass is 32.1. The fourth-order valence-corrected chi connectivity index (χ4v) is 4.34. The van der Waals surface area contributed by atoms with E-state index in [-0.39, 0.29) is 11.6 Å². The number of thiophene rings is 1. The molecule has 0 saturated heterocycles. The van der Waals surface area contributed by atoms with Crippen LogP contribution in [0.2, 0.25) is 0 Å². The van der Waals surface area contributed by atoms with Crippen molar-refractivity contribution in [1.82, 2.24) is 10.2 Å². The standard InChI is InChI=1S/C22H20F2N2OS/c23-19-6-5-16(11-20(19)24)22(27)25-12-21(18-8-10-28-14-18)26-9-7-15-3-1-2-4-17(15)13-26/h1-6,8,10-11,14,21H,7,9,12-13H2,(H,25,27). The number of carbonyl (C=O) groups excluding carboxylic acids is 1. The summed E-state index contributed by atoms with van der Waals surface area (Å²) in [4.78, 5) is 14.8. The Balaban J connectivity index is 1.50. The van der Waals surface area contributed by atoms with E-state index in [0.29, 0.717) is 6.54 Å². The van der Waals surface area contributed by atoms with Crippen LogP contribution >= 0.6 is 11.3 Å². The van der Waals surface area contributed by atoms with Crippen LogP contribution < -0.4 is 5.32 Å². The van der Waals surface area contributed by atoms with Crippen LogP contribution in [0.4, 0.5) is 8.78 Å². The van der Waals surface area contributed by atoms with E-state index in [1.807, 2.05) is 11.4 Å². The minimum absolute atomic E-state index is 0.0221. The maximum Gasteiger partial charge on any atom is 0.251 e. The third-order valence-electron chi connectivity index (χ3n) is 5.17. The summed E-state index contributed by atoms with van der Waals surface area (Å²) in [5.41, 5.74) is 3.94. The summed E-state index contributed by atoms with van der Waals surface area (Å²) in [5, 5.41) is 7.01. The summed E-state index contributed by atoms with van der Waals surface area (Å²) in [6.07, 6.45) is 0.966. The van der Waals surface area contributed by atoms with E-state index in [1.54, 1.807) is 11.3 Å². The number of hydrogen-bond donors (Lipinski definition) is 1. The highest BCUT2D eigenvalue weighted by Gasteiger charge is 2.25. The number of nitrogens with zero attached hydrogens (tertiary/aromatic N) is 1. The smallest absolute Gasteiger partial charge is 0.251 e. The van der Waals surface area contributed by atoms with Crippen LogP contribution in [0.25, 0.3) is 0 Å². The predicted molar refractivity (Wildman–Crippen MR) is 106 cm³/mol. The van der Waals surface area contributed by atoms with Crippen LogP contribution in [0.15, 0.2) is 59.3 Å². The number of hydrogen-bond acceptors (Lipinski definition) is 3. The maximum atomic E-state index is 13.4. The molecule has 1 aliphatic heterocycles. The lowest BCUT2D eigenvalue weighted by atomic mass is 9.97. The Morgan fingerprint density at radius 1 is 1.11 bits per heavy atom. The predicted octanol–water partition coefficient (Wildman–Crippen LogP) is 4.56. The normalized spacial score (nSPS) is 15.1. The van der Waals surface area contributed by atoms with Gasteiger partial charge in [0.1, 0.15) is 0 Å². The number of rotatable bonds is 5. The van der Waals surface area contributed by atoms with Gasteiger partial charge in [0, 0.05) is 25.2 Å². The summed E-state index contributed by atoms with van der Waals surface area (Å²) in [6, 6.07) is 13.7. The SMILES string of the molecule is O=C(NCC(c1ccsc1)N1CCc2ccccc2C1)c1ccc(F)c(F)c1. The molecule has 0 radical (unpaired) electrons. The van der Waals surface area contributed by atoms with Crippen LogP contribution in [0.5, 0.6) is 0 Å². The molecular weight excluding hydrogens is 378 g/mol. The van der Waals surface area contributed by atoms with Crippen LogP contribution in [-0.4, -0.2) is 23.9 Å². The molecule has 0 aliphatic carbocycles. The molecule has 3 aromatic rings. The van der Waals surface area contributed by atoms with Crippen molar-refractivity contribution >= 4 is 17.2 Å². The number of benzene rings is 2. The lowest BCUT2D eigenvalue weighted by Crippen LogP contribution is -2.40. The molecule has 1 aliphatic rings. The molecule has 6 heteroatoms. The van der Waals surface area contributed by atoms with Gasteiger partial charge in [-0.25, -0.2) is 8.78 Å². The lowest BCUT2D eigenvalue weighted by Gasteiger charge is -2.35. The van der Waals surface area contributed by atoms with E-state index in [9.17, 15) is 13.6 Å². The second-order valence-corrected chi connectivity index (χ2v) is 7.68. The van der Waals surface area contributed by atoms with Crippen molar-refractivity contribution in [3.8, 4) is 0 Å². The molecule has 1 aromatic heterocycles. The molecule has 1 atom stereocenters. The van der Waals surface area contributed by atoms with E-state index >= 15 is 0 Å². The monoisotopic (exact) mass is 398 g/mol. The Morgan fingerprint density at radius 3 is 2.68 bits per heavy atom. The Hall–Kier alpha value is -2.57. The topological polar surface area (TPSA) is 32.3 Å². The number of halogens is 2. The van der Waals surface area contributed by atoms with Gasteiger partial charge in [0.05, 0.1) is 6.04 Å². The molecule has 144 valence electrons. The second-order valence-electron chi connectivity index (χ2n) is 6.90. The van der Waals surface area contributed by atoms with Crippen molar-refractivity contribution in [1.29, 1.82) is 0 Å². The van der Waals surface area contributed by atoms with Crippen LogP contribution in [0.1, 0.15) is 33.1 Å². The van der Waals surface area contributed by atoms with Crippen molar-refractivity contribution in [3.63, 3.8) is 0 Å². The number of carbonyl (C=O) groups is 1. The molecule has 2 heterocycles. The van der Waals surface area contributed by atoms with Gasteiger partial charge in [0.2, 0.25) is 0 Å². The molecule has 0 fully saturated rings. The summed E-state index contributed by atoms with van der Waals surface area (Å²) in [5.74, 6) is -2.38. The number of amides is 1. The number of fused-ring (bicyclic) bond motifs is 1. The first-order valence-electron chi connectivity index (χ1n) is 9.18. The Bertz CT molecular complexity index is 974. The molecule has 0 saturated carbocycles. The van der Waals surface area contributed by atoms with E-state index in [1.165, 1.54) is 17.2 Å². The van der Waals surface area contributed by atoms with Crippen LogP contribution in [0.3, 0.4) is 0 Å². The van der Waals surface area contributed by atoms with E-state index < -0.39 is 17.5 Å². The quantitative estimate of drug-likeness (QED) is 0.684. The molecule has 0 spiro atoms. The first-order chi connectivity index (χ1) is 13.6. The summed E-state index contributed by atoms with van der Waals surface area (Å²) >= 11 is 1.62. The molecule has 1 N–H and O–H groups in total. The average Bonchev–Trinajstić information content (AvgIpc) is 3.24. The van der Waals surface area contributed by atoms with Crippen molar-refractivity contribution < 1.29 is 13.6 Å². The van der Waals surface area contributed by atoms with Gasteiger partial charge in [-0.15, -0.1) is 0 Å². The van der Waals surface area contributed by atoms with Gasteiger partial charge in [-0.05, 0) is 58.1 Å². The second kappa shape index (κ2) is 8.20. The third-order valence-corrected chi connectivity index (χ3v) is 5.87. The largest absolute Gasteiger partial charge is 0.350 e. The van der Waals surface area contributed by atoms with E-state index in [4.69, 9.17) is 0 Å². The van der Waals surface area contributed by atoms with Gasteiger partial charge in [0.25, 0.3) is 5.91 Å². The van der Waals surface area contributed by atoms with Gasteiger partial charge in [-0.1, -0.05) is 24.3 Å². The fourth-order valence-electron chi connectivity index (χ4n) is 3.63. The highest BCUT2D eigenvalue weighted by Crippen LogP contribution is 2.28. The molecular formula is C22H20F2N2OS. The van der Waals surface area contributed by atoms with Crippen molar-refractivity contribution in [3.05, 3.63) is 93.2 Å². The zero-order chi connectivity index (χ0) is 19.5. The van der Waals surface area contributed by atoms with Gasteiger partial charge in [-0.2, -0.15) is 11.3 Å². The first kappa shape index (κ1) is 18.8. The summed E-state index contributed by atoms with van der Waals surface area (Å²) < 4.78 is 26.5. The Morgan fingerprint density at radius 2 is 1.93 bits per heavy atom. The van der Waals surface area contributed by atoms with Crippen molar-refractivity contribution in [2.24, 2.45) is 0 Å². The zero-order valence-corrected chi connectivity index (χ0v) is 16.0. The third kappa shape index (κ3) is 3.98. The molecule has 0 bridgehead atoms. The van der Waals surface area contributed by atoms with Gasteiger partial charge < -0.3 is 5.32 Å². The first-order valence-corrected chi connectivity index (χ1v) is 10.1. The van der Waals surface area contributed by atoms with Crippen molar-refractivity contribution in [2.75, 3.05) is 13.1 Å². The van der Waals surface area contributed by atoms with Gasteiger partial charge in [0.15, 0.2) is 11.6 Å². The molecule has 3 nitrogen and oxygen atoms in total. The van der Waals surface area contributed by atoms with Gasteiger partial charge >= 0.3 is 0 Å². The van der Waals surface area contributed by atoms with Crippen molar-refractivity contribution in [2.45, 2.75) is 19.0 Å². The minimum atomic E-state index is -1.02. The zero-order valence-electron chi connectivity index (χ0n) is 15.2. The fraction of sp³-hybridized carbons (Fsp3) is 0.227. The maximum absolute atomic E-state index is 13.4. The minimum Gasteiger partial charge on any atom is -0.350 e. The average molecular weight is 398 g/mol. The highest BCUT2D eigenvalue weighted by molar-refractivity contribution is 7.07. The van der Waals surface area contributed by atoms with Gasteiger partial charge in [-0.3, -0.25) is 9.69 Å². The summed E-state index contributed by atoms with van der Waals surface area (Å²) in [6.45, 7) is 2.12. The molecule has 2 aromatic carbocycles. The lowest BCUT2D eigenvalue weighted by molar-refractivity contribution is 0.0927. The van der Waals surface area contributed by atoms with E-state index in [2.05, 4.69) is 39.9 Å². The molecule has 28 heavy (non-hydrogen) atoms. The summed E-state index contributed by atoms with van der Waals surface area (Å²) in [7, 11) is 0. The Labute approximate surface area is 166 Å². The van der Waals surface area contributed by atoms with Crippen LogP contribution in [-0.2, 0) is 13.0 Å². The van der Waals surface area contributed by atoms with Crippen LogP contribution in [0, 0.1) is 11.6 Å². The number of nitrogens with one attached hydrogen (secondary N) is 1. The Kier molecular flexibility index (Phi) is 5.50. The molecule has 1 amide bonds. The molecule has 1 unspecified atom stereocenters. The van der Waals surface area contributed by atoms with E-state index in [0.717, 1.165) is 37.2 Å². The molecule has 4 rings (SSSR count).